The van der Waals surface area contributed by atoms with Crippen LogP contribution < -0.4 is 0 Å². The fourth-order valence-corrected chi connectivity index (χ4v) is 9.15. The van der Waals surface area contributed by atoms with Gasteiger partial charge in [-0.3, -0.25) is 14.4 Å². The highest BCUT2D eigenvalue weighted by Crippen LogP contribution is 2.18. The molecule has 386 valence electrons. The minimum Gasteiger partial charge on any atom is -0.462 e. The first-order valence-corrected chi connectivity index (χ1v) is 29.5. The van der Waals surface area contributed by atoms with Gasteiger partial charge in [-0.15, -0.1) is 0 Å². The first kappa shape index (κ1) is 63.4. The minimum atomic E-state index is -0.759. The summed E-state index contributed by atoms with van der Waals surface area (Å²) in [6.45, 7) is 6.65. The lowest BCUT2D eigenvalue weighted by Gasteiger charge is -2.18. The van der Waals surface area contributed by atoms with E-state index in [1.807, 2.05) is 0 Å². The van der Waals surface area contributed by atoms with Gasteiger partial charge in [0, 0.05) is 19.3 Å². The molecule has 0 fully saturated rings. The Morgan fingerprint density at radius 3 is 0.615 bits per heavy atom. The normalized spacial score (nSPS) is 11.9. The van der Waals surface area contributed by atoms with Gasteiger partial charge >= 0.3 is 17.9 Å². The van der Waals surface area contributed by atoms with Crippen LogP contribution in [0.5, 0.6) is 0 Å². The quantitative estimate of drug-likeness (QED) is 0.0344. The van der Waals surface area contributed by atoms with Crippen molar-refractivity contribution in [1.82, 2.24) is 0 Å². The van der Waals surface area contributed by atoms with E-state index in [0.29, 0.717) is 19.3 Å². The van der Waals surface area contributed by atoms with Crippen molar-refractivity contribution < 1.29 is 28.6 Å². The summed E-state index contributed by atoms with van der Waals surface area (Å²) in [5.74, 6) is -0.847. The fraction of sp³-hybridized carbons (Fsp3) is 0.949. The van der Waals surface area contributed by atoms with Crippen molar-refractivity contribution in [2.45, 2.75) is 348 Å². The summed E-state index contributed by atoms with van der Waals surface area (Å²) < 4.78 is 16.8. The summed E-state index contributed by atoms with van der Waals surface area (Å²) in [5, 5.41) is 0. The van der Waals surface area contributed by atoms with E-state index in [1.54, 1.807) is 0 Å². The van der Waals surface area contributed by atoms with E-state index in [1.165, 1.54) is 244 Å². The largest absolute Gasteiger partial charge is 0.462 e. The maximum Gasteiger partial charge on any atom is 0.306 e. The smallest absolute Gasteiger partial charge is 0.306 e. The third-order valence-corrected chi connectivity index (χ3v) is 13.6. The molecule has 65 heavy (non-hydrogen) atoms. The van der Waals surface area contributed by atoms with E-state index in [4.69, 9.17) is 14.2 Å². The van der Waals surface area contributed by atoms with E-state index in [-0.39, 0.29) is 31.1 Å². The minimum absolute atomic E-state index is 0.0623. The number of carbonyl (C=O) groups excluding carboxylic acids is 3. The van der Waals surface area contributed by atoms with Crippen LogP contribution in [0.1, 0.15) is 342 Å². The molecule has 0 aromatic heterocycles. The van der Waals surface area contributed by atoms with E-state index >= 15 is 0 Å². The van der Waals surface area contributed by atoms with Gasteiger partial charge in [-0.1, -0.05) is 303 Å². The lowest BCUT2D eigenvalue weighted by atomic mass is 10.0. The zero-order chi connectivity index (χ0) is 47.2. The summed E-state index contributed by atoms with van der Waals surface area (Å²) in [6.07, 6.45) is 61.4. The van der Waals surface area contributed by atoms with Crippen molar-refractivity contribution in [3.63, 3.8) is 0 Å². The van der Waals surface area contributed by atoms with Gasteiger partial charge in [0.1, 0.15) is 13.2 Å². The van der Waals surface area contributed by atoms with Crippen LogP contribution in [-0.2, 0) is 28.6 Å². The molecule has 0 rings (SSSR count). The SMILES string of the molecule is CCCCCCCCCCCCCCCCCCCCCCCCCCCCCCCC(=O)OCC(COC(=O)CCCCCCCCCC)OC(=O)CCCCCCCCCCCC. The number of hydrogen-bond donors (Lipinski definition) is 0. The number of esters is 3. The first-order valence-electron chi connectivity index (χ1n) is 29.5. The van der Waals surface area contributed by atoms with E-state index in [9.17, 15) is 14.4 Å². The average Bonchev–Trinajstić information content (AvgIpc) is 3.30. The molecule has 6 heteroatoms. The van der Waals surface area contributed by atoms with Gasteiger partial charge in [0.05, 0.1) is 0 Å². The Kier molecular flexibility index (Phi) is 53.7. The molecule has 0 amide bonds. The van der Waals surface area contributed by atoms with Gasteiger partial charge < -0.3 is 14.2 Å². The van der Waals surface area contributed by atoms with Gasteiger partial charge in [0.15, 0.2) is 6.10 Å². The molecule has 0 spiro atoms. The Balaban J connectivity index is 3.93. The third-order valence-electron chi connectivity index (χ3n) is 13.6. The van der Waals surface area contributed by atoms with Crippen LogP contribution >= 0.6 is 0 Å². The molecular weight excluding hydrogens is 805 g/mol. The predicted octanol–water partition coefficient (Wildman–Crippen LogP) is 19.5. The fourth-order valence-electron chi connectivity index (χ4n) is 9.15. The molecule has 0 bridgehead atoms. The Labute approximate surface area is 406 Å². The lowest BCUT2D eigenvalue weighted by molar-refractivity contribution is -0.167. The summed E-state index contributed by atoms with van der Waals surface area (Å²) >= 11 is 0. The van der Waals surface area contributed by atoms with Crippen LogP contribution in [-0.4, -0.2) is 37.2 Å². The monoisotopic (exact) mass is 919 g/mol. The Morgan fingerprint density at radius 1 is 0.246 bits per heavy atom. The standard InChI is InChI=1S/C59H114O6/c1-4-7-10-13-16-19-21-22-23-24-25-26-27-28-29-30-31-32-33-34-35-36-37-38-39-41-43-46-49-52-58(61)64-55-56(54-63-57(60)51-48-45-42-18-15-12-9-6-3)65-59(62)53-50-47-44-40-20-17-14-11-8-5-2/h56H,4-55H2,1-3H3. The highest BCUT2D eigenvalue weighted by molar-refractivity contribution is 5.71. The molecule has 0 aromatic carbocycles. The number of rotatable bonds is 55. The van der Waals surface area contributed by atoms with Crippen LogP contribution in [0.2, 0.25) is 0 Å². The van der Waals surface area contributed by atoms with Crippen LogP contribution in [0, 0.1) is 0 Å². The van der Waals surface area contributed by atoms with Crippen molar-refractivity contribution in [2.24, 2.45) is 0 Å². The van der Waals surface area contributed by atoms with Gasteiger partial charge in [0.2, 0.25) is 0 Å². The zero-order valence-electron chi connectivity index (χ0n) is 44.3. The second kappa shape index (κ2) is 55.0. The van der Waals surface area contributed by atoms with E-state index < -0.39 is 6.10 Å². The van der Waals surface area contributed by atoms with Gasteiger partial charge in [-0.2, -0.15) is 0 Å². The molecule has 0 aliphatic rings. The highest BCUT2D eigenvalue weighted by Gasteiger charge is 2.19. The summed E-state index contributed by atoms with van der Waals surface area (Å²) in [5.41, 5.74) is 0. The Bertz CT molecular complexity index is 967. The molecule has 0 aromatic rings. The molecule has 0 saturated heterocycles. The highest BCUT2D eigenvalue weighted by atomic mass is 16.6. The molecule has 0 aliphatic heterocycles. The van der Waals surface area contributed by atoms with Crippen LogP contribution in [0.3, 0.4) is 0 Å². The number of carbonyl (C=O) groups is 3. The van der Waals surface area contributed by atoms with Crippen LogP contribution in [0.15, 0.2) is 0 Å². The maximum absolute atomic E-state index is 12.7. The Morgan fingerprint density at radius 2 is 0.415 bits per heavy atom. The molecule has 1 atom stereocenters. The van der Waals surface area contributed by atoms with E-state index in [2.05, 4.69) is 20.8 Å². The maximum atomic E-state index is 12.7. The molecule has 0 radical (unpaired) electrons. The number of hydrogen-bond acceptors (Lipinski definition) is 6. The Hall–Kier alpha value is -1.59. The molecule has 0 N–H and O–H groups in total. The average molecular weight is 920 g/mol. The molecule has 0 saturated carbocycles. The van der Waals surface area contributed by atoms with Gasteiger partial charge in [-0.25, -0.2) is 0 Å². The first-order chi connectivity index (χ1) is 32.0. The van der Waals surface area contributed by atoms with Crippen molar-refractivity contribution >= 4 is 17.9 Å². The summed E-state index contributed by atoms with van der Waals surface area (Å²) in [7, 11) is 0. The second-order valence-electron chi connectivity index (χ2n) is 20.3. The van der Waals surface area contributed by atoms with Crippen molar-refractivity contribution in [1.29, 1.82) is 0 Å². The second-order valence-corrected chi connectivity index (χ2v) is 20.3. The van der Waals surface area contributed by atoms with Crippen molar-refractivity contribution in [3.05, 3.63) is 0 Å². The topological polar surface area (TPSA) is 78.9 Å². The molecule has 6 nitrogen and oxygen atoms in total. The molecule has 0 heterocycles. The third kappa shape index (κ3) is 53.2. The molecule has 0 aliphatic carbocycles. The number of ether oxygens (including phenoxy) is 3. The van der Waals surface area contributed by atoms with Crippen molar-refractivity contribution in [3.8, 4) is 0 Å². The van der Waals surface area contributed by atoms with Crippen LogP contribution in [0.25, 0.3) is 0 Å². The summed E-state index contributed by atoms with van der Waals surface area (Å²) in [4.78, 5) is 37.8. The van der Waals surface area contributed by atoms with Crippen LogP contribution in [0.4, 0.5) is 0 Å². The zero-order valence-corrected chi connectivity index (χ0v) is 44.3. The summed E-state index contributed by atoms with van der Waals surface area (Å²) in [6, 6.07) is 0. The lowest BCUT2D eigenvalue weighted by Crippen LogP contribution is -2.30. The van der Waals surface area contributed by atoms with Crippen molar-refractivity contribution in [2.75, 3.05) is 13.2 Å². The predicted molar refractivity (Wildman–Crippen MR) is 280 cm³/mol. The molecular formula is C59H114O6. The van der Waals surface area contributed by atoms with Gasteiger partial charge in [0.25, 0.3) is 0 Å². The van der Waals surface area contributed by atoms with E-state index in [0.717, 1.165) is 57.8 Å². The molecule has 1 unspecified atom stereocenters. The number of unbranched alkanes of at least 4 members (excludes halogenated alkanes) is 44. The van der Waals surface area contributed by atoms with Gasteiger partial charge in [-0.05, 0) is 19.3 Å².